The molecule has 110 valence electrons. The van der Waals surface area contributed by atoms with Gasteiger partial charge in [0.05, 0.1) is 5.56 Å². The van der Waals surface area contributed by atoms with Crippen molar-refractivity contribution in [3.63, 3.8) is 0 Å². The molecule has 0 heterocycles. The van der Waals surface area contributed by atoms with E-state index in [0.717, 1.165) is 12.8 Å². The number of benzene rings is 1. The van der Waals surface area contributed by atoms with Gasteiger partial charge in [0.2, 0.25) is 0 Å². The van der Waals surface area contributed by atoms with E-state index >= 15 is 0 Å². The molecule has 20 heavy (non-hydrogen) atoms. The normalized spacial score (nSPS) is 26.5. The van der Waals surface area contributed by atoms with Crippen LogP contribution in [-0.4, -0.2) is 18.0 Å². The molecular formula is C16H20ClFO2. The number of ether oxygens (including phenoxy) is 1. The summed E-state index contributed by atoms with van der Waals surface area (Å²) in [6.45, 7) is 4.43. The molecule has 0 radical (unpaired) electrons. The molecule has 0 spiro atoms. The number of rotatable bonds is 4. The summed E-state index contributed by atoms with van der Waals surface area (Å²) in [5, 5.41) is 0.293. The number of carbonyl (C=O) groups excluding carboxylic acids is 1. The number of halogens is 2. The highest BCUT2D eigenvalue weighted by Crippen LogP contribution is 2.38. The van der Waals surface area contributed by atoms with Crippen molar-refractivity contribution in [2.45, 2.75) is 45.1 Å². The summed E-state index contributed by atoms with van der Waals surface area (Å²) in [4.78, 5) is 12.8. The molecule has 1 aliphatic carbocycles. The molecule has 0 saturated heterocycles. The summed E-state index contributed by atoms with van der Waals surface area (Å²) < 4.78 is 19.8. The zero-order chi connectivity index (χ0) is 14.8. The van der Waals surface area contributed by atoms with E-state index in [2.05, 4.69) is 6.92 Å². The van der Waals surface area contributed by atoms with Crippen LogP contribution in [0.3, 0.4) is 0 Å². The highest BCUT2D eigenvalue weighted by atomic mass is 35.5. The highest BCUT2D eigenvalue weighted by molar-refractivity contribution is 6.30. The fourth-order valence-electron chi connectivity index (χ4n) is 3.10. The molecule has 2 atom stereocenters. The molecule has 2 nitrogen and oxygen atoms in total. The maximum absolute atomic E-state index is 14.0. The van der Waals surface area contributed by atoms with Gasteiger partial charge in [-0.15, -0.1) is 0 Å². The molecule has 0 amide bonds. The fourth-order valence-corrected chi connectivity index (χ4v) is 3.26. The first-order valence-electron chi connectivity index (χ1n) is 7.12. The van der Waals surface area contributed by atoms with E-state index in [0.29, 0.717) is 30.4 Å². The third-order valence-corrected chi connectivity index (χ3v) is 4.20. The molecule has 2 rings (SSSR count). The van der Waals surface area contributed by atoms with Gasteiger partial charge in [0.15, 0.2) is 5.78 Å². The summed E-state index contributed by atoms with van der Waals surface area (Å²) in [5.41, 5.74) is -0.793. The molecular weight excluding hydrogens is 279 g/mol. The lowest BCUT2D eigenvalue weighted by Gasteiger charge is -2.38. The van der Waals surface area contributed by atoms with E-state index in [4.69, 9.17) is 16.3 Å². The topological polar surface area (TPSA) is 26.3 Å². The molecule has 1 aromatic rings. The van der Waals surface area contributed by atoms with E-state index in [9.17, 15) is 9.18 Å². The van der Waals surface area contributed by atoms with Crippen molar-refractivity contribution in [2.24, 2.45) is 5.92 Å². The Balaban J connectivity index is 2.35. The zero-order valence-electron chi connectivity index (χ0n) is 11.9. The lowest BCUT2D eigenvalue weighted by molar-refractivity contribution is -0.0513. The molecule has 1 aromatic carbocycles. The van der Waals surface area contributed by atoms with Crippen LogP contribution >= 0.6 is 11.6 Å². The SMILES string of the molecule is CCOC1(C(=O)c2ccc(Cl)cc2F)CCCC(C)C1. The predicted octanol–water partition coefficient (Wildman–Crippen LogP) is 4.65. The van der Waals surface area contributed by atoms with Gasteiger partial charge in [-0.3, -0.25) is 4.79 Å². The van der Waals surface area contributed by atoms with Crippen molar-refractivity contribution in [3.05, 3.63) is 34.6 Å². The number of ketones is 1. The maximum atomic E-state index is 14.0. The van der Waals surface area contributed by atoms with Crippen molar-refractivity contribution in [1.82, 2.24) is 0 Å². The number of Topliss-reactive ketones (excluding diaryl/α,β-unsaturated/α-hetero) is 1. The molecule has 2 unspecified atom stereocenters. The van der Waals surface area contributed by atoms with Crippen molar-refractivity contribution < 1.29 is 13.9 Å². The molecule has 1 fully saturated rings. The molecule has 1 aliphatic rings. The number of hydrogen-bond donors (Lipinski definition) is 0. The third-order valence-electron chi connectivity index (χ3n) is 3.97. The second-order valence-electron chi connectivity index (χ2n) is 5.58. The minimum absolute atomic E-state index is 0.0805. The van der Waals surface area contributed by atoms with E-state index in [1.807, 2.05) is 6.92 Å². The molecule has 0 aliphatic heterocycles. The van der Waals surface area contributed by atoms with E-state index < -0.39 is 11.4 Å². The van der Waals surface area contributed by atoms with Crippen molar-refractivity contribution in [2.75, 3.05) is 6.61 Å². The Hall–Kier alpha value is -0.930. The van der Waals surface area contributed by atoms with Crippen LogP contribution in [0.5, 0.6) is 0 Å². The molecule has 0 bridgehead atoms. The number of carbonyl (C=O) groups is 1. The van der Waals surface area contributed by atoms with Crippen LogP contribution in [-0.2, 0) is 4.74 Å². The second-order valence-corrected chi connectivity index (χ2v) is 6.02. The summed E-state index contributed by atoms with van der Waals surface area (Å²) in [6, 6.07) is 4.19. The standard InChI is InChI=1S/C16H20ClFO2/c1-3-20-16(8-4-5-11(2)10-16)15(19)13-7-6-12(17)9-14(13)18/h6-7,9,11H,3-5,8,10H2,1-2H3. The average molecular weight is 299 g/mol. The summed E-state index contributed by atoms with van der Waals surface area (Å²) in [5.74, 6) is -0.408. The van der Waals surface area contributed by atoms with Gasteiger partial charge in [-0.25, -0.2) is 4.39 Å². The van der Waals surface area contributed by atoms with Crippen LogP contribution in [0.1, 0.15) is 49.9 Å². The van der Waals surface area contributed by atoms with Gasteiger partial charge >= 0.3 is 0 Å². The van der Waals surface area contributed by atoms with Crippen molar-refractivity contribution in [1.29, 1.82) is 0 Å². The van der Waals surface area contributed by atoms with Crippen LogP contribution in [0.15, 0.2) is 18.2 Å². The first-order chi connectivity index (χ1) is 9.48. The van der Waals surface area contributed by atoms with Crippen molar-refractivity contribution in [3.8, 4) is 0 Å². The maximum Gasteiger partial charge on any atom is 0.197 e. The van der Waals surface area contributed by atoms with Gasteiger partial charge in [0.1, 0.15) is 11.4 Å². The minimum atomic E-state index is -0.874. The summed E-state index contributed by atoms with van der Waals surface area (Å²) in [7, 11) is 0. The van der Waals surface area contributed by atoms with Gasteiger partial charge in [0.25, 0.3) is 0 Å². The summed E-state index contributed by atoms with van der Waals surface area (Å²) >= 11 is 5.74. The Morgan fingerprint density at radius 3 is 2.90 bits per heavy atom. The van der Waals surface area contributed by atoms with Crippen LogP contribution in [0, 0.1) is 11.7 Å². The fraction of sp³-hybridized carbons (Fsp3) is 0.562. The molecule has 4 heteroatoms. The predicted molar refractivity (Wildman–Crippen MR) is 77.7 cm³/mol. The second kappa shape index (κ2) is 6.23. The lowest BCUT2D eigenvalue weighted by Crippen LogP contribution is -2.45. The monoisotopic (exact) mass is 298 g/mol. The largest absolute Gasteiger partial charge is 0.367 e. The van der Waals surface area contributed by atoms with E-state index in [-0.39, 0.29) is 11.3 Å². The van der Waals surface area contributed by atoms with Gasteiger partial charge in [0, 0.05) is 11.6 Å². The van der Waals surface area contributed by atoms with Crippen LogP contribution in [0.25, 0.3) is 0 Å². The average Bonchev–Trinajstić information content (AvgIpc) is 2.38. The minimum Gasteiger partial charge on any atom is -0.367 e. The highest BCUT2D eigenvalue weighted by Gasteiger charge is 2.43. The quantitative estimate of drug-likeness (QED) is 0.757. The first kappa shape index (κ1) is 15.5. The summed E-state index contributed by atoms with van der Waals surface area (Å²) in [6.07, 6.45) is 3.33. The molecule has 0 N–H and O–H groups in total. The van der Waals surface area contributed by atoms with Crippen LogP contribution in [0.2, 0.25) is 5.02 Å². The zero-order valence-corrected chi connectivity index (χ0v) is 12.7. The Bertz CT molecular complexity index is 499. The molecule has 1 saturated carbocycles. The Kier molecular flexibility index (Phi) is 4.82. The van der Waals surface area contributed by atoms with E-state index in [1.54, 1.807) is 6.07 Å². The first-order valence-corrected chi connectivity index (χ1v) is 7.50. The Labute approximate surface area is 124 Å². The molecule has 0 aromatic heterocycles. The number of hydrogen-bond acceptors (Lipinski definition) is 2. The Morgan fingerprint density at radius 2 is 2.30 bits per heavy atom. The third kappa shape index (κ3) is 3.04. The van der Waals surface area contributed by atoms with Gasteiger partial charge < -0.3 is 4.74 Å². The van der Waals surface area contributed by atoms with Crippen LogP contribution in [0.4, 0.5) is 4.39 Å². The van der Waals surface area contributed by atoms with Gasteiger partial charge in [-0.05, 0) is 50.3 Å². The van der Waals surface area contributed by atoms with Crippen LogP contribution < -0.4 is 0 Å². The van der Waals surface area contributed by atoms with Gasteiger partial charge in [-0.2, -0.15) is 0 Å². The lowest BCUT2D eigenvalue weighted by atomic mass is 9.74. The Morgan fingerprint density at radius 1 is 1.55 bits per heavy atom. The van der Waals surface area contributed by atoms with E-state index in [1.165, 1.54) is 12.1 Å². The van der Waals surface area contributed by atoms with Gasteiger partial charge in [-0.1, -0.05) is 24.9 Å². The van der Waals surface area contributed by atoms with Crippen molar-refractivity contribution >= 4 is 17.4 Å². The smallest absolute Gasteiger partial charge is 0.197 e.